The van der Waals surface area contributed by atoms with Crippen molar-refractivity contribution in [2.75, 3.05) is 13.7 Å². The van der Waals surface area contributed by atoms with E-state index in [0.717, 1.165) is 16.2 Å². The van der Waals surface area contributed by atoms with E-state index < -0.39 is 6.10 Å². The molecule has 2 aromatic heterocycles. The van der Waals surface area contributed by atoms with Gasteiger partial charge in [-0.2, -0.15) is 4.98 Å². The lowest BCUT2D eigenvalue weighted by Crippen LogP contribution is -2.22. The first-order valence-electron chi connectivity index (χ1n) is 6.71. The van der Waals surface area contributed by atoms with E-state index in [0.29, 0.717) is 19.0 Å². The maximum atomic E-state index is 10.1. The smallest absolute Gasteiger partial charge is 0.237 e. The lowest BCUT2D eigenvalue weighted by Gasteiger charge is -2.12. The summed E-state index contributed by atoms with van der Waals surface area (Å²) in [4.78, 5) is 5.31. The summed E-state index contributed by atoms with van der Waals surface area (Å²) >= 11 is 1.57. The first-order chi connectivity index (χ1) is 10.3. The molecule has 0 saturated carbocycles. The molecular weight excluding hydrogens is 286 g/mol. The molecule has 0 fully saturated rings. The second kappa shape index (κ2) is 6.26. The standard InChI is InChI=1S/C15H17N3O2S/c1-20-14-12(18-7-8-21-15(18)17-14)9-16-10-13(19)11-5-3-2-4-6-11/h2-8,13,16,19H,9-10H2,1H3. The van der Waals surface area contributed by atoms with Gasteiger partial charge in [-0.05, 0) is 5.56 Å². The van der Waals surface area contributed by atoms with E-state index in [1.165, 1.54) is 0 Å². The van der Waals surface area contributed by atoms with Gasteiger partial charge in [0.1, 0.15) is 5.69 Å². The number of methoxy groups -OCH3 is 1. The zero-order valence-corrected chi connectivity index (χ0v) is 12.5. The fraction of sp³-hybridized carbons (Fsp3) is 0.267. The van der Waals surface area contributed by atoms with Crippen LogP contribution in [0.5, 0.6) is 5.88 Å². The van der Waals surface area contributed by atoms with Crippen molar-refractivity contribution in [2.45, 2.75) is 12.6 Å². The Bertz CT molecular complexity index is 708. The van der Waals surface area contributed by atoms with Gasteiger partial charge in [0.05, 0.1) is 13.2 Å². The molecule has 0 aliphatic rings. The van der Waals surface area contributed by atoms with Gasteiger partial charge < -0.3 is 15.2 Å². The van der Waals surface area contributed by atoms with Gasteiger partial charge >= 0.3 is 0 Å². The zero-order chi connectivity index (χ0) is 14.7. The lowest BCUT2D eigenvalue weighted by atomic mass is 10.1. The minimum atomic E-state index is -0.525. The van der Waals surface area contributed by atoms with E-state index in [1.54, 1.807) is 18.4 Å². The SMILES string of the molecule is COc1nc2sccn2c1CNCC(O)c1ccccc1. The molecule has 6 heteroatoms. The molecule has 110 valence electrons. The third kappa shape index (κ3) is 2.92. The highest BCUT2D eigenvalue weighted by Gasteiger charge is 2.14. The number of hydrogen-bond donors (Lipinski definition) is 2. The number of hydrogen-bond acceptors (Lipinski definition) is 5. The van der Waals surface area contributed by atoms with Gasteiger partial charge in [0.2, 0.25) is 5.88 Å². The predicted molar refractivity (Wildman–Crippen MR) is 82.7 cm³/mol. The number of fused-ring (bicyclic) bond motifs is 1. The van der Waals surface area contributed by atoms with Gasteiger partial charge in [0.15, 0.2) is 4.96 Å². The normalized spacial score (nSPS) is 12.7. The van der Waals surface area contributed by atoms with Crippen molar-refractivity contribution in [3.8, 4) is 5.88 Å². The average molecular weight is 303 g/mol. The van der Waals surface area contributed by atoms with Crippen LogP contribution in [0.25, 0.3) is 4.96 Å². The van der Waals surface area contributed by atoms with Crippen molar-refractivity contribution in [2.24, 2.45) is 0 Å². The number of nitrogens with one attached hydrogen (secondary N) is 1. The minimum Gasteiger partial charge on any atom is -0.480 e. The quantitative estimate of drug-likeness (QED) is 0.733. The molecule has 1 aromatic carbocycles. The number of nitrogens with zero attached hydrogens (tertiary/aromatic N) is 2. The highest BCUT2D eigenvalue weighted by molar-refractivity contribution is 7.15. The van der Waals surface area contributed by atoms with Gasteiger partial charge in [-0.1, -0.05) is 30.3 Å². The molecular formula is C15H17N3O2S. The maximum absolute atomic E-state index is 10.1. The topological polar surface area (TPSA) is 58.8 Å². The van der Waals surface area contributed by atoms with E-state index in [-0.39, 0.29) is 0 Å². The highest BCUT2D eigenvalue weighted by Crippen LogP contribution is 2.23. The third-order valence-corrected chi connectivity index (χ3v) is 4.09. The number of imidazole rings is 1. The van der Waals surface area contributed by atoms with Crippen molar-refractivity contribution in [3.63, 3.8) is 0 Å². The molecule has 0 spiro atoms. The second-order valence-corrected chi connectivity index (χ2v) is 5.55. The third-order valence-electron chi connectivity index (χ3n) is 3.33. The summed E-state index contributed by atoms with van der Waals surface area (Å²) in [6.07, 6.45) is 1.45. The lowest BCUT2D eigenvalue weighted by molar-refractivity contribution is 0.174. The Morgan fingerprint density at radius 1 is 1.38 bits per heavy atom. The fourth-order valence-corrected chi connectivity index (χ4v) is 2.98. The predicted octanol–water partition coefficient (Wildman–Crippen LogP) is 2.23. The molecule has 0 aliphatic carbocycles. The van der Waals surface area contributed by atoms with Crippen LogP contribution in [0.15, 0.2) is 41.9 Å². The number of rotatable bonds is 6. The Morgan fingerprint density at radius 3 is 2.95 bits per heavy atom. The summed E-state index contributed by atoms with van der Waals surface area (Å²) in [6.45, 7) is 1.06. The highest BCUT2D eigenvalue weighted by atomic mass is 32.1. The van der Waals surface area contributed by atoms with Crippen molar-refractivity contribution < 1.29 is 9.84 Å². The van der Waals surface area contributed by atoms with Crippen molar-refractivity contribution in [1.29, 1.82) is 0 Å². The van der Waals surface area contributed by atoms with Crippen LogP contribution in [0.4, 0.5) is 0 Å². The molecule has 3 aromatic rings. The van der Waals surface area contributed by atoms with Gasteiger partial charge in [-0.15, -0.1) is 11.3 Å². The molecule has 21 heavy (non-hydrogen) atoms. The van der Waals surface area contributed by atoms with Crippen LogP contribution in [0.2, 0.25) is 0 Å². The number of ether oxygens (including phenoxy) is 1. The van der Waals surface area contributed by atoms with Crippen LogP contribution in [-0.4, -0.2) is 28.1 Å². The molecule has 0 aliphatic heterocycles. The van der Waals surface area contributed by atoms with E-state index >= 15 is 0 Å². The summed E-state index contributed by atoms with van der Waals surface area (Å²) in [6, 6.07) is 9.63. The molecule has 3 rings (SSSR count). The Balaban J connectivity index is 1.65. The molecule has 5 nitrogen and oxygen atoms in total. The van der Waals surface area contributed by atoms with Gasteiger partial charge in [-0.3, -0.25) is 4.40 Å². The summed E-state index contributed by atoms with van der Waals surface area (Å²) in [5.74, 6) is 0.628. The molecule has 1 unspecified atom stereocenters. The molecule has 0 radical (unpaired) electrons. The Morgan fingerprint density at radius 2 is 2.19 bits per heavy atom. The van der Waals surface area contributed by atoms with Crippen LogP contribution in [-0.2, 0) is 6.54 Å². The van der Waals surface area contributed by atoms with Crippen LogP contribution in [0, 0.1) is 0 Å². The van der Waals surface area contributed by atoms with E-state index in [9.17, 15) is 5.11 Å². The summed E-state index contributed by atoms with van der Waals surface area (Å²) in [5.41, 5.74) is 1.87. The molecule has 0 amide bonds. The molecule has 2 N–H and O–H groups in total. The first kappa shape index (κ1) is 14.1. The van der Waals surface area contributed by atoms with Crippen LogP contribution < -0.4 is 10.1 Å². The molecule has 1 atom stereocenters. The van der Waals surface area contributed by atoms with Crippen LogP contribution in [0.3, 0.4) is 0 Å². The van der Waals surface area contributed by atoms with Crippen LogP contribution in [0.1, 0.15) is 17.4 Å². The summed E-state index contributed by atoms with van der Waals surface area (Å²) in [5, 5.41) is 15.4. The summed E-state index contributed by atoms with van der Waals surface area (Å²) in [7, 11) is 1.62. The molecule has 0 saturated heterocycles. The Hall–Kier alpha value is -1.89. The molecule has 2 heterocycles. The number of thiazole rings is 1. The number of aliphatic hydroxyl groups is 1. The second-order valence-electron chi connectivity index (χ2n) is 4.68. The monoisotopic (exact) mass is 303 g/mol. The molecule has 0 bridgehead atoms. The van der Waals surface area contributed by atoms with E-state index in [2.05, 4.69) is 10.3 Å². The largest absolute Gasteiger partial charge is 0.480 e. The number of benzene rings is 1. The van der Waals surface area contributed by atoms with Crippen molar-refractivity contribution >= 4 is 16.3 Å². The van der Waals surface area contributed by atoms with E-state index in [1.807, 2.05) is 46.3 Å². The zero-order valence-electron chi connectivity index (χ0n) is 11.7. The van der Waals surface area contributed by atoms with Crippen molar-refractivity contribution in [3.05, 3.63) is 53.2 Å². The number of aromatic nitrogens is 2. The maximum Gasteiger partial charge on any atom is 0.237 e. The number of aliphatic hydroxyl groups excluding tert-OH is 1. The van der Waals surface area contributed by atoms with E-state index in [4.69, 9.17) is 4.74 Å². The minimum absolute atomic E-state index is 0.477. The Labute approximate surface area is 126 Å². The fourth-order valence-electron chi connectivity index (χ4n) is 2.26. The Kier molecular flexibility index (Phi) is 4.19. The summed E-state index contributed by atoms with van der Waals surface area (Å²) < 4.78 is 7.31. The average Bonchev–Trinajstić information content (AvgIpc) is 3.09. The van der Waals surface area contributed by atoms with Gasteiger partial charge in [0, 0.05) is 24.7 Å². The van der Waals surface area contributed by atoms with Crippen molar-refractivity contribution in [1.82, 2.24) is 14.7 Å². The first-order valence-corrected chi connectivity index (χ1v) is 7.59. The van der Waals surface area contributed by atoms with Gasteiger partial charge in [0.25, 0.3) is 0 Å². The van der Waals surface area contributed by atoms with Crippen LogP contribution >= 0.6 is 11.3 Å². The van der Waals surface area contributed by atoms with Gasteiger partial charge in [-0.25, -0.2) is 0 Å².